The summed E-state index contributed by atoms with van der Waals surface area (Å²) in [5.74, 6) is -16.7. The van der Waals surface area contributed by atoms with Gasteiger partial charge in [-0.05, 0) is 41.8 Å². The van der Waals surface area contributed by atoms with Crippen molar-refractivity contribution in [3.05, 3.63) is 118 Å². The van der Waals surface area contributed by atoms with Crippen molar-refractivity contribution >= 4 is 0 Å². The number of ether oxygens (including phenoxy) is 4. The van der Waals surface area contributed by atoms with E-state index in [4.69, 9.17) is 9.47 Å². The Bertz CT molecular complexity index is 1760. The Morgan fingerprint density at radius 3 is 1.74 bits per heavy atom. The predicted octanol–water partition coefficient (Wildman–Crippen LogP) is 10.8. The largest absolute Gasteiger partial charge is 0.432 e. The second-order valence-electron chi connectivity index (χ2n) is 11.5. The molecule has 0 amide bonds. The average molecular weight is 721 g/mol. The van der Waals surface area contributed by atoms with Crippen LogP contribution in [0.3, 0.4) is 0 Å². The van der Waals surface area contributed by atoms with Crippen molar-refractivity contribution in [1.82, 2.24) is 0 Å². The highest BCUT2D eigenvalue weighted by molar-refractivity contribution is 5.65. The average Bonchev–Trinajstić information content (AvgIpc) is 3.05. The fourth-order valence-corrected chi connectivity index (χ4v) is 5.24. The zero-order valence-electron chi connectivity index (χ0n) is 26.0. The Hall–Kier alpha value is -4.37. The van der Waals surface area contributed by atoms with Crippen molar-refractivity contribution < 1.29 is 67.2 Å². The molecule has 0 unspecified atom stereocenters. The zero-order valence-corrected chi connectivity index (χ0v) is 26.0. The van der Waals surface area contributed by atoms with E-state index in [0.29, 0.717) is 30.9 Å². The SMILES string of the molecule is CCCCCC1COC(c2ccc(-c3cc(F)c(OC(F)(F)c4cc(F)c(C(F)(F)Oc5cc(F)c(F)c(F)c5)c(F)c4)c(F)c3)cc2)OC1. The fraction of sp³-hybridized carbons (Fsp3) is 0.314. The highest BCUT2D eigenvalue weighted by Crippen LogP contribution is 2.41. The first kappa shape index (κ1) is 36.9. The molecule has 15 heteroatoms. The lowest BCUT2D eigenvalue weighted by Gasteiger charge is -2.29. The van der Waals surface area contributed by atoms with Gasteiger partial charge in [0.1, 0.15) is 22.9 Å². The van der Waals surface area contributed by atoms with Crippen molar-refractivity contribution in [1.29, 1.82) is 0 Å². The molecule has 268 valence electrons. The van der Waals surface area contributed by atoms with Gasteiger partial charge in [-0.2, -0.15) is 17.6 Å². The molecule has 4 aromatic rings. The number of unbranched alkanes of at least 4 members (excludes halogenated alkanes) is 2. The van der Waals surface area contributed by atoms with Crippen molar-refractivity contribution in [2.75, 3.05) is 13.2 Å². The topological polar surface area (TPSA) is 36.9 Å². The predicted molar refractivity (Wildman–Crippen MR) is 156 cm³/mol. The van der Waals surface area contributed by atoms with Crippen LogP contribution in [0.2, 0.25) is 0 Å². The number of benzene rings is 4. The number of hydrogen-bond acceptors (Lipinski definition) is 4. The smallest absolute Gasteiger partial charge is 0.429 e. The summed E-state index contributed by atoms with van der Waals surface area (Å²) in [7, 11) is 0. The molecule has 0 spiro atoms. The summed E-state index contributed by atoms with van der Waals surface area (Å²) in [6.45, 7) is 3.12. The Morgan fingerprint density at radius 2 is 1.20 bits per heavy atom. The van der Waals surface area contributed by atoms with Crippen LogP contribution < -0.4 is 9.47 Å². The van der Waals surface area contributed by atoms with E-state index >= 15 is 0 Å². The van der Waals surface area contributed by atoms with Crippen LogP contribution >= 0.6 is 0 Å². The number of alkyl halides is 4. The Morgan fingerprint density at radius 1 is 0.640 bits per heavy atom. The highest BCUT2D eigenvalue weighted by Gasteiger charge is 2.45. The van der Waals surface area contributed by atoms with E-state index in [1.807, 2.05) is 0 Å². The van der Waals surface area contributed by atoms with Crippen LogP contribution in [-0.4, -0.2) is 13.2 Å². The minimum absolute atomic E-state index is 0.0486. The van der Waals surface area contributed by atoms with Crippen LogP contribution in [0.1, 0.15) is 55.6 Å². The standard InChI is InChI=1S/C35H27F11O4/c1-2-3-4-5-18-16-47-33(48-17-18)20-8-6-19(7-9-20)21-10-28(40)32(29(41)11-21)50-34(43,44)22-12-24(36)30(25(37)13-22)35(45,46)49-23-14-26(38)31(42)27(39)15-23/h6-15,18,33H,2-5,16-17H2,1H3. The van der Waals surface area contributed by atoms with E-state index in [9.17, 15) is 48.3 Å². The van der Waals surface area contributed by atoms with Crippen LogP contribution in [0, 0.1) is 46.6 Å². The van der Waals surface area contributed by atoms with Gasteiger partial charge in [0.15, 0.2) is 41.1 Å². The van der Waals surface area contributed by atoms with Crippen molar-refractivity contribution in [2.24, 2.45) is 5.92 Å². The molecule has 1 aliphatic heterocycles. The summed E-state index contributed by atoms with van der Waals surface area (Å²) in [4.78, 5) is 0. The molecule has 4 nitrogen and oxygen atoms in total. The summed E-state index contributed by atoms with van der Waals surface area (Å²) < 4.78 is 178. The normalized spacial score (nSPS) is 16.8. The van der Waals surface area contributed by atoms with Gasteiger partial charge in [0.25, 0.3) is 0 Å². The molecule has 0 aromatic heterocycles. The fourth-order valence-electron chi connectivity index (χ4n) is 5.24. The molecule has 4 aromatic carbocycles. The van der Waals surface area contributed by atoms with Gasteiger partial charge < -0.3 is 18.9 Å². The van der Waals surface area contributed by atoms with Crippen LogP contribution in [0.4, 0.5) is 48.3 Å². The van der Waals surface area contributed by atoms with Crippen LogP contribution in [-0.2, 0) is 21.7 Å². The van der Waals surface area contributed by atoms with Gasteiger partial charge in [0, 0.05) is 23.6 Å². The number of hydrogen-bond donors (Lipinski definition) is 0. The zero-order chi connectivity index (χ0) is 36.4. The molecule has 0 saturated carbocycles. The second-order valence-corrected chi connectivity index (χ2v) is 11.5. The lowest BCUT2D eigenvalue weighted by molar-refractivity contribution is -0.206. The van der Waals surface area contributed by atoms with E-state index < -0.39 is 81.9 Å². The lowest BCUT2D eigenvalue weighted by atomic mass is 10.0. The van der Waals surface area contributed by atoms with Gasteiger partial charge in [-0.3, -0.25) is 0 Å². The van der Waals surface area contributed by atoms with Crippen LogP contribution in [0.5, 0.6) is 11.5 Å². The van der Waals surface area contributed by atoms with E-state index in [1.54, 1.807) is 12.1 Å². The minimum Gasteiger partial charge on any atom is -0.429 e. The third-order valence-corrected chi connectivity index (χ3v) is 7.80. The summed E-state index contributed by atoms with van der Waals surface area (Å²) in [6, 6.07) is 6.79. The summed E-state index contributed by atoms with van der Waals surface area (Å²) in [5, 5.41) is 0. The Kier molecular flexibility index (Phi) is 11.0. The first-order chi connectivity index (χ1) is 23.6. The molecular weight excluding hydrogens is 693 g/mol. The molecule has 1 fully saturated rings. The molecule has 0 N–H and O–H groups in total. The summed E-state index contributed by atoms with van der Waals surface area (Å²) in [6.07, 6.45) is -6.35. The van der Waals surface area contributed by atoms with Crippen LogP contribution in [0.25, 0.3) is 11.1 Å². The van der Waals surface area contributed by atoms with Gasteiger partial charge in [-0.15, -0.1) is 0 Å². The summed E-state index contributed by atoms with van der Waals surface area (Å²) >= 11 is 0. The molecule has 0 aliphatic carbocycles. The Labute approximate surface area is 278 Å². The molecule has 0 atom stereocenters. The molecule has 50 heavy (non-hydrogen) atoms. The van der Waals surface area contributed by atoms with Gasteiger partial charge in [0.05, 0.1) is 18.8 Å². The minimum atomic E-state index is -5.07. The molecule has 1 saturated heterocycles. The van der Waals surface area contributed by atoms with E-state index in [2.05, 4.69) is 16.4 Å². The number of rotatable bonds is 12. The maximum absolute atomic E-state index is 15.0. The monoisotopic (exact) mass is 720 g/mol. The van der Waals surface area contributed by atoms with Crippen molar-refractivity contribution in [3.63, 3.8) is 0 Å². The second kappa shape index (κ2) is 14.9. The first-order valence-electron chi connectivity index (χ1n) is 15.2. The first-order valence-corrected chi connectivity index (χ1v) is 15.2. The molecule has 1 aliphatic rings. The van der Waals surface area contributed by atoms with Gasteiger partial charge in [-0.25, -0.2) is 30.7 Å². The van der Waals surface area contributed by atoms with Crippen LogP contribution in [0.15, 0.2) is 60.7 Å². The van der Waals surface area contributed by atoms with E-state index in [0.717, 1.165) is 25.7 Å². The summed E-state index contributed by atoms with van der Waals surface area (Å²) in [5.41, 5.74) is -3.23. The third kappa shape index (κ3) is 8.15. The van der Waals surface area contributed by atoms with Gasteiger partial charge in [-0.1, -0.05) is 50.5 Å². The number of halogens is 11. The van der Waals surface area contributed by atoms with E-state index in [-0.39, 0.29) is 41.3 Å². The maximum Gasteiger partial charge on any atom is 0.432 e. The molecular formula is C35H27F11O4. The third-order valence-electron chi connectivity index (χ3n) is 7.80. The molecule has 1 heterocycles. The maximum atomic E-state index is 15.0. The highest BCUT2D eigenvalue weighted by atomic mass is 19.3. The molecule has 0 radical (unpaired) electrons. The molecule has 0 bridgehead atoms. The van der Waals surface area contributed by atoms with Gasteiger partial charge in [0.2, 0.25) is 0 Å². The quantitative estimate of drug-likeness (QED) is 0.0830. The van der Waals surface area contributed by atoms with E-state index in [1.165, 1.54) is 12.1 Å². The lowest BCUT2D eigenvalue weighted by Crippen LogP contribution is -2.28. The van der Waals surface area contributed by atoms with Crippen molar-refractivity contribution in [3.8, 4) is 22.6 Å². The van der Waals surface area contributed by atoms with Gasteiger partial charge >= 0.3 is 12.2 Å². The molecule has 5 rings (SSSR count). The van der Waals surface area contributed by atoms with Crippen molar-refractivity contribution in [2.45, 2.75) is 51.1 Å². The Balaban J connectivity index is 1.29.